The van der Waals surface area contributed by atoms with Crippen molar-refractivity contribution in [2.24, 2.45) is 0 Å². The maximum atomic E-state index is 11.3. The number of aliphatic hydroxyl groups is 1. The van der Waals surface area contributed by atoms with Gasteiger partial charge in [-0.1, -0.05) is 12.1 Å². The summed E-state index contributed by atoms with van der Waals surface area (Å²) in [7, 11) is 0. The lowest BCUT2D eigenvalue weighted by molar-refractivity contribution is -0.152. The number of carbonyl (C=O) groups is 1. The molecule has 5 nitrogen and oxygen atoms in total. The van der Waals surface area contributed by atoms with Gasteiger partial charge in [0, 0.05) is 12.6 Å². The molecular formula is C13H14N2O3. The van der Waals surface area contributed by atoms with Crippen LogP contribution in [0.25, 0.3) is 11.0 Å². The summed E-state index contributed by atoms with van der Waals surface area (Å²) in [5.41, 5.74) is 2.09. The van der Waals surface area contributed by atoms with Gasteiger partial charge in [0.15, 0.2) is 6.10 Å². The third kappa shape index (κ3) is 2.81. The van der Waals surface area contributed by atoms with Crippen LogP contribution in [0.2, 0.25) is 0 Å². The lowest BCUT2D eigenvalue weighted by Gasteiger charge is -2.09. The molecule has 0 unspecified atom stereocenters. The SMILES string of the molecule is CCOC(=O)[C@@H](O)Cc1cnc2ccccc2n1. The molecule has 0 radical (unpaired) electrons. The Morgan fingerprint density at radius 3 is 2.83 bits per heavy atom. The molecule has 5 heteroatoms. The van der Waals surface area contributed by atoms with Crippen LogP contribution < -0.4 is 0 Å². The van der Waals surface area contributed by atoms with Crippen LogP contribution in [0.1, 0.15) is 12.6 Å². The van der Waals surface area contributed by atoms with Crippen molar-refractivity contribution >= 4 is 17.0 Å². The number of hydrogen-bond donors (Lipinski definition) is 1. The van der Waals surface area contributed by atoms with Crippen LogP contribution in [0, 0.1) is 0 Å². The maximum absolute atomic E-state index is 11.3. The van der Waals surface area contributed by atoms with Crippen LogP contribution in [-0.4, -0.2) is 33.8 Å². The largest absolute Gasteiger partial charge is 0.464 e. The molecule has 0 aliphatic heterocycles. The van der Waals surface area contributed by atoms with E-state index in [4.69, 9.17) is 4.74 Å². The average molecular weight is 246 g/mol. The topological polar surface area (TPSA) is 72.3 Å². The second-order valence-corrected chi connectivity index (χ2v) is 3.82. The first kappa shape index (κ1) is 12.4. The summed E-state index contributed by atoms with van der Waals surface area (Å²) in [5, 5.41) is 9.63. The molecule has 0 spiro atoms. The Hall–Kier alpha value is -2.01. The molecule has 1 aromatic carbocycles. The van der Waals surface area contributed by atoms with Crippen LogP contribution >= 0.6 is 0 Å². The number of fused-ring (bicyclic) bond motifs is 1. The number of benzene rings is 1. The zero-order valence-corrected chi connectivity index (χ0v) is 10.0. The Balaban J connectivity index is 2.14. The third-order valence-corrected chi connectivity index (χ3v) is 2.46. The molecule has 0 saturated carbocycles. The summed E-state index contributed by atoms with van der Waals surface area (Å²) in [5.74, 6) is -0.632. The fourth-order valence-corrected chi connectivity index (χ4v) is 1.61. The minimum absolute atomic E-state index is 0.108. The normalized spacial score (nSPS) is 12.3. The molecule has 0 aliphatic carbocycles. The Labute approximate surface area is 104 Å². The predicted octanol–water partition coefficient (Wildman–Crippen LogP) is 1.10. The number of rotatable bonds is 4. The molecule has 1 N–H and O–H groups in total. The zero-order chi connectivity index (χ0) is 13.0. The molecule has 0 fully saturated rings. The van der Waals surface area contributed by atoms with Crippen molar-refractivity contribution in [3.05, 3.63) is 36.2 Å². The molecule has 1 heterocycles. The summed E-state index contributed by atoms with van der Waals surface area (Å²) >= 11 is 0. The van der Waals surface area contributed by atoms with E-state index in [1.165, 1.54) is 0 Å². The van der Waals surface area contributed by atoms with E-state index >= 15 is 0 Å². The van der Waals surface area contributed by atoms with Crippen LogP contribution in [0.15, 0.2) is 30.5 Å². The molecule has 0 bridgehead atoms. The Kier molecular flexibility index (Phi) is 3.84. The van der Waals surface area contributed by atoms with Gasteiger partial charge < -0.3 is 9.84 Å². The van der Waals surface area contributed by atoms with Gasteiger partial charge in [0.2, 0.25) is 0 Å². The number of hydrogen-bond acceptors (Lipinski definition) is 5. The van der Waals surface area contributed by atoms with E-state index in [9.17, 15) is 9.90 Å². The van der Waals surface area contributed by atoms with Gasteiger partial charge in [-0.3, -0.25) is 4.98 Å². The van der Waals surface area contributed by atoms with E-state index in [2.05, 4.69) is 9.97 Å². The first-order valence-electron chi connectivity index (χ1n) is 5.76. The van der Waals surface area contributed by atoms with Crippen LogP contribution in [0.3, 0.4) is 0 Å². The molecule has 94 valence electrons. The Morgan fingerprint density at radius 2 is 2.11 bits per heavy atom. The van der Waals surface area contributed by atoms with E-state index in [1.807, 2.05) is 24.3 Å². The molecule has 2 rings (SSSR count). The minimum atomic E-state index is -1.19. The monoisotopic (exact) mass is 246 g/mol. The second-order valence-electron chi connectivity index (χ2n) is 3.82. The molecule has 18 heavy (non-hydrogen) atoms. The standard InChI is InChI=1S/C13H14N2O3/c1-2-18-13(17)12(16)7-9-8-14-10-5-3-4-6-11(10)15-9/h3-6,8,12,16H,2,7H2,1H3/t12-/m0/s1. The second kappa shape index (κ2) is 5.55. The van der Waals surface area contributed by atoms with Gasteiger partial charge in [-0.15, -0.1) is 0 Å². The van der Waals surface area contributed by atoms with Gasteiger partial charge in [-0.2, -0.15) is 0 Å². The molecular weight excluding hydrogens is 232 g/mol. The van der Waals surface area contributed by atoms with Crippen LogP contribution in [-0.2, 0) is 16.0 Å². The molecule has 0 amide bonds. The van der Waals surface area contributed by atoms with E-state index < -0.39 is 12.1 Å². The highest BCUT2D eigenvalue weighted by Gasteiger charge is 2.17. The zero-order valence-electron chi connectivity index (χ0n) is 10.0. The highest BCUT2D eigenvalue weighted by molar-refractivity contribution is 5.75. The smallest absolute Gasteiger partial charge is 0.335 e. The van der Waals surface area contributed by atoms with Gasteiger partial charge >= 0.3 is 5.97 Å². The van der Waals surface area contributed by atoms with Crippen LogP contribution in [0.5, 0.6) is 0 Å². The Morgan fingerprint density at radius 1 is 1.39 bits per heavy atom. The van der Waals surface area contributed by atoms with Crippen LogP contribution in [0.4, 0.5) is 0 Å². The number of carbonyl (C=O) groups excluding carboxylic acids is 1. The quantitative estimate of drug-likeness (QED) is 0.818. The third-order valence-electron chi connectivity index (χ3n) is 2.46. The lowest BCUT2D eigenvalue weighted by Crippen LogP contribution is -2.25. The molecule has 0 aliphatic rings. The molecule has 1 atom stereocenters. The Bertz CT molecular complexity index is 557. The summed E-state index contributed by atoms with van der Waals surface area (Å²) in [6.07, 6.45) is 0.474. The van der Waals surface area contributed by atoms with Crippen molar-refractivity contribution in [3.63, 3.8) is 0 Å². The van der Waals surface area contributed by atoms with E-state index in [-0.39, 0.29) is 13.0 Å². The van der Waals surface area contributed by atoms with Crippen molar-refractivity contribution in [1.29, 1.82) is 0 Å². The van der Waals surface area contributed by atoms with Crippen molar-refractivity contribution in [2.75, 3.05) is 6.61 Å². The first-order chi connectivity index (χ1) is 8.70. The van der Waals surface area contributed by atoms with Gasteiger partial charge in [0.05, 0.1) is 23.3 Å². The maximum Gasteiger partial charge on any atom is 0.335 e. The molecule has 2 aromatic rings. The van der Waals surface area contributed by atoms with E-state index in [1.54, 1.807) is 13.1 Å². The fraction of sp³-hybridized carbons (Fsp3) is 0.308. The molecule has 1 aromatic heterocycles. The number of aromatic nitrogens is 2. The number of esters is 1. The van der Waals surface area contributed by atoms with Crippen molar-refractivity contribution in [2.45, 2.75) is 19.4 Å². The van der Waals surface area contributed by atoms with E-state index in [0.29, 0.717) is 5.69 Å². The summed E-state index contributed by atoms with van der Waals surface area (Å²) in [6, 6.07) is 7.43. The highest BCUT2D eigenvalue weighted by atomic mass is 16.5. The van der Waals surface area contributed by atoms with E-state index in [0.717, 1.165) is 11.0 Å². The van der Waals surface area contributed by atoms with Gasteiger partial charge in [-0.05, 0) is 19.1 Å². The van der Waals surface area contributed by atoms with Crippen molar-refractivity contribution in [3.8, 4) is 0 Å². The minimum Gasteiger partial charge on any atom is -0.464 e. The first-order valence-corrected chi connectivity index (χ1v) is 5.76. The summed E-state index contributed by atoms with van der Waals surface area (Å²) < 4.78 is 4.73. The highest BCUT2D eigenvalue weighted by Crippen LogP contribution is 2.10. The predicted molar refractivity (Wildman–Crippen MR) is 65.9 cm³/mol. The number of para-hydroxylation sites is 2. The molecule has 0 saturated heterocycles. The van der Waals surface area contributed by atoms with Gasteiger partial charge in [-0.25, -0.2) is 9.78 Å². The van der Waals surface area contributed by atoms with Crippen molar-refractivity contribution in [1.82, 2.24) is 9.97 Å². The average Bonchev–Trinajstić information content (AvgIpc) is 2.39. The lowest BCUT2D eigenvalue weighted by atomic mass is 10.2. The summed E-state index contributed by atoms with van der Waals surface area (Å²) in [4.78, 5) is 19.8. The number of aliphatic hydroxyl groups excluding tert-OH is 1. The van der Waals surface area contributed by atoms with Crippen molar-refractivity contribution < 1.29 is 14.6 Å². The fourth-order valence-electron chi connectivity index (χ4n) is 1.61. The number of ether oxygens (including phenoxy) is 1. The van der Waals surface area contributed by atoms with Gasteiger partial charge in [0.1, 0.15) is 0 Å². The summed E-state index contributed by atoms with van der Waals surface area (Å²) in [6.45, 7) is 1.94. The number of nitrogens with zero attached hydrogens (tertiary/aromatic N) is 2. The van der Waals surface area contributed by atoms with Gasteiger partial charge in [0.25, 0.3) is 0 Å².